The first-order valence-electron chi connectivity index (χ1n) is 11.6. The summed E-state index contributed by atoms with van der Waals surface area (Å²) in [6.45, 7) is 12.2. The van der Waals surface area contributed by atoms with E-state index in [-0.39, 0.29) is 23.3 Å². The fraction of sp³-hybridized carbons (Fsp3) is 0.296. The first-order chi connectivity index (χ1) is 16.5. The van der Waals surface area contributed by atoms with Crippen LogP contribution in [-0.4, -0.2) is 31.6 Å². The second-order valence-electron chi connectivity index (χ2n) is 9.84. The second-order valence-corrected chi connectivity index (χ2v) is 9.84. The number of nitrogens with zero attached hydrogens (tertiary/aromatic N) is 4. The van der Waals surface area contributed by atoms with Crippen molar-refractivity contribution >= 4 is 34.2 Å². The molecule has 0 spiro atoms. The van der Waals surface area contributed by atoms with E-state index in [1.807, 2.05) is 31.5 Å². The van der Waals surface area contributed by atoms with Crippen molar-refractivity contribution in [2.45, 2.75) is 53.0 Å². The van der Waals surface area contributed by atoms with Gasteiger partial charge in [0.1, 0.15) is 0 Å². The molecule has 2 N–H and O–H groups in total. The maximum absolute atomic E-state index is 13.5. The molecule has 0 saturated carbocycles. The van der Waals surface area contributed by atoms with Crippen LogP contribution in [0.3, 0.4) is 0 Å². The third kappa shape index (κ3) is 5.06. The molecular formula is C27H30N6O2. The van der Waals surface area contributed by atoms with E-state index in [2.05, 4.69) is 36.4 Å². The molecular weight excluding hydrogens is 440 g/mol. The molecule has 0 fully saturated rings. The highest BCUT2D eigenvalue weighted by molar-refractivity contribution is 6.13. The van der Waals surface area contributed by atoms with Gasteiger partial charge in [-0.15, -0.1) is 0 Å². The number of nitrogens with one attached hydrogen (secondary N) is 2. The number of hydrogen-bond acceptors (Lipinski definition) is 5. The third-order valence-electron chi connectivity index (χ3n) is 5.62. The van der Waals surface area contributed by atoms with Gasteiger partial charge in [0, 0.05) is 35.0 Å². The summed E-state index contributed by atoms with van der Waals surface area (Å²) in [5.74, 6) is -0.416. The number of anilines is 2. The molecule has 4 aromatic rings. The number of hydrogen-bond donors (Lipinski definition) is 2. The molecule has 0 aliphatic heterocycles. The van der Waals surface area contributed by atoms with Crippen LogP contribution >= 0.6 is 0 Å². The zero-order valence-electron chi connectivity index (χ0n) is 20.9. The zero-order chi connectivity index (χ0) is 25.3. The van der Waals surface area contributed by atoms with Crippen LogP contribution in [0.1, 0.15) is 72.6 Å². The van der Waals surface area contributed by atoms with Crippen LogP contribution in [0.5, 0.6) is 0 Å². The van der Waals surface area contributed by atoms with Gasteiger partial charge in [0.2, 0.25) is 0 Å². The number of amides is 2. The Morgan fingerprint density at radius 3 is 2.29 bits per heavy atom. The lowest BCUT2D eigenvalue weighted by Gasteiger charge is -2.20. The van der Waals surface area contributed by atoms with Crippen molar-refractivity contribution in [3.63, 3.8) is 0 Å². The van der Waals surface area contributed by atoms with Gasteiger partial charge in [0.05, 0.1) is 22.2 Å². The predicted octanol–water partition coefficient (Wildman–Crippen LogP) is 5.52. The number of carbonyl (C=O) groups excluding carboxylic acids is 2. The van der Waals surface area contributed by atoms with E-state index < -0.39 is 0 Å². The summed E-state index contributed by atoms with van der Waals surface area (Å²) in [6.07, 6.45) is 3.22. The number of fused-ring (bicyclic) bond motifs is 1. The lowest BCUT2D eigenvalue weighted by atomic mass is 10.0. The summed E-state index contributed by atoms with van der Waals surface area (Å²) in [5.41, 5.74) is 4.07. The van der Waals surface area contributed by atoms with Crippen LogP contribution in [0.25, 0.3) is 11.0 Å². The van der Waals surface area contributed by atoms with Crippen molar-refractivity contribution in [1.29, 1.82) is 0 Å². The Morgan fingerprint density at radius 2 is 1.63 bits per heavy atom. The lowest BCUT2D eigenvalue weighted by molar-refractivity contribution is 0.101. The minimum atomic E-state index is -0.292. The molecule has 0 saturated heterocycles. The Labute approximate surface area is 204 Å². The molecule has 35 heavy (non-hydrogen) atoms. The maximum Gasteiger partial charge on any atom is 0.256 e. The number of rotatable bonds is 5. The summed E-state index contributed by atoms with van der Waals surface area (Å²) < 4.78 is 1.88. The normalized spacial score (nSPS) is 11.6. The summed E-state index contributed by atoms with van der Waals surface area (Å²) in [4.78, 5) is 35.0. The van der Waals surface area contributed by atoms with Crippen molar-refractivity contribution in [3.8, 4) is 0 Å². The summed E-state index contributed by atoms with van der Waals surface area (Å²) >= 11 is 0. The van der Waals surface area contributed by atoms with Gasteiger partial charge in [0.25, 0.3) is 11.8 Å². The van der Waals surface area contributed by atoms with E-state index in [4.69, 9.17) is 10.1 Å². The average molecular weight is 471 g/mol. The molecule has 180 valence electrons. The first-order valence-corrected chi connectivity index (χ1v) is 11.6. The van der Waals surface area contributed by atoms with Crippen LogP contribution in [0.15, 0.2) is 54.9 Å². The number of carbonyl (C=O) groups is 2. The molecule has 0 aliphatic carbocycles. The molecule has 8 heteroatoms. The van der Waals surface area contributed by atoms with E-state index in [1.54, 1.807) is 48.8 Å². The molecule has 3 heterocycles. The van der Waals surface area contributed by atoms with Gasteiger partial charge in [-0.2, -0.15) is 5.10 Å². The topological polar surface area (TPSA) is 102 Å². The Balaban J connectivity index is 1.68. The highest BCUT2D eigenvalue weighted by Crippen LogP contribution is 2.29. The zero-order valence-corrected chi connectivity index (χ0v) is 20.9. The summed E-state index contributed by atoms with van der Waals surface area (Å²) in [6, 6.07) is 12.1. The van der Waals surface area contributed by atoms with E-state index in [0.717, 1.165) is 16.8 Å². The number of aromatic nitrogens is 4. The standard InChI is InChI=1S/C27H30N6O2/c1-16(2)22-15-21(23-17(3)32-33(24(23)31-22)27(4,5)6)26(35)30-20-9-7-8-18(14-20)25(34)29-19-10-12-28-13-11-19/h7-16H,1-6H3,(H,30,35)(H,28,29,34). The predicted molar refractivity (Wildman–Crippen MR) is 138 cm³/mol. The summed E-state index contributed by atoms with van der Waals surface area (Å²) in [7, 11) is 0. The van der Waals surface area contributed by atoms with Crippen molar-refractivity contribution in [2.24, 2.45) is 0 Å². The molecule has 0 bridgehead atoms. The van der Waals surface area contributed by atoms with Gasteiger partial charge in [-0.25, -0.2) is 9.67 Å². The second kappa shape index (κ2) is 9.29. The third-order valence-corrected chi connectivity index (χ3v) is 5.62. The highest BCUT2D eigenvalue weighted by atomic mass is 16.2. The van der Waals surface area contributed by atoms with Crippen LogP contribution in [0.2, 0.25) is 0 Å². The van der Waals surface area contributed by atoms with Crippen molar-refractivity contribution < 1.29 is 9.59 Å². The van der Waals surface area contributed by atoms with Gasteiger partial charge in [-0.1, -0.05) is 19.9 Å². The van der Waals surface area contributed by atoms with Crippen LogP contribution in [0, 0.1) is 6.92 Å². The van der Waals surface area contributed by atoms with Gasteiger partial charge in [-0.3, -0.25) is 14.6 Å². The number of benzene rings is 1. The smallest absolute Gasteiger partial charge is 0.256 e. The summed E-state index contributed by atoms with van der Waals surface area (Å²) in [5, 5.41) is 11.2. The van der Waals surface area contributed by atoms with E-state index in [9.17, 15) is 9.59 Å². The largest absolute Gasteiger partial charge is 0.322 e. The van der Waals surface area contributed by atoms with Gasteiger partial charge < -0.3 is 10.6 Å². The molecule has 0 radical (unpaired) electrons. The molecule has 3 aromatic heterocycles. The van der Waals surface area contributed by atoms with Crippen molar-refractivity contribution in [2.75, 3.05) is 10.6 Å². The van der Waals surface area contributed by atoms with Crippen LogP contribution < -0.4 is 10.6 Å². The minimum Gasteiger partial charge on any atom is -0.322 e. The SMILES string of the molecule is Cc1nn(C(C)(C)C)c2nc(C(C)C)cc(C(=O)Nc3cccc(C(=O)Nc4ccncc4)c3)c12. The van der Waals surface area contributed by atoms with Crippen LogP contribution in [0.4, 0.5) is 11.4 Å². The first kappa shape index (κ1) is 24.1. The molecule has 1 aromatic carbocycles. The van der Waals surface area contributed by atoms with Gasteiger partial charge in [0.15, 0.2) is 5.65 Å². The number of pyridine rings is 2. The van der Waals surface area contributed by atoms with E-state index in [0.29, 0.717) is 28.1 Å². The molecule has 0 aliphatic rings. The van der Waals surface area contributed by atoms with Gasteiger partial charge in [-0.05, 0) is 70.0 Å². The van der Waals surface area contributed by atoms with Gasteiger partial charge >= 0.3 is 0 Å². The quantitative estimate of drug-likeness (QED) is 0.400. The maximum atomic E-state index is 13.5. The highest BCUT2D eigenvalue weighted by Gasteiger charge is 2.25. The minimum absolute atomic E-state index is 0.134. The monoisotopic (exact) mass is 470 g/mol. The molecule has 0 atom stereocenters. The van der Waals surface area contributed by atoms with E-state index in [1.165, 1.54) is 0 Å². The van der Waals surface area contributed by atoms with Crippen LogP contribution in [-0.2, 0) is 5.54 Å². The lowest BCUT2D eigenvalue weighted by Crippen LogP contribution is -2.24. The fourth-order valence-electron chi connectivity index (χ4n) is 3.83. The van der Waals surface area contributed by atoms with E-state index >= 15 is 0 Å². The molecule has 4 rings (SSSR count). The Bertz CT molecular complexity index is 1400. The average Bonchev–Trinajstić information content (AvgIpc) is 3.16. The molecule has 0 unspecified atom stereocenters. The Morgan fingerprint density at radius 1 is 0.943 bits per heavy atom. The Kier molecular flexibility index (Phi) is 6.39. The number of aryl methyl sites for hydroxylation is 1. The molecule has 8 nitrogen and oxygen atoms in total. The van der Waals surface area contributed by atoms with Crippen molar-refractivity contribution in [3.05, 3.63) is 77.4 Å². The Hall–Kier alpha value is -4.07. The molecule has 2 amide bonds. The fourth-order valence-corrected chi connectivity index (χ4v) is 3.83. The van der Waals surface area contributed by atoms with Crippen molar-refractivity contribution in [1.82, 2.24) is 19.7 Å².